The molecule has 0 unspecified atom stereocenters. The Morgan fingerprint density at radius 3 is 2.50 bits per heavy atom. The number of halogens is 3. The number of benzene rings is 3. The number of carbonyl (C=O) groups is 1. The number of aliphatic imine (C=N–C) groups is 1. The SMILES string of the molecule is C/C(=C\c1ccc(-c2ncn(-c3ccc(OC(F)(F)F)cc3)n2)cc1)NC(=O)N=C1SCCN1c1cccc(C)c1C(C)C. The first-order valence-electron chi connectivity index (χ1n) is 13.9. The Morgan fingerprint density at radius 1 is 1.09 bits per heavy atom. The zero-order valence-corrected chi connectivity index (χ0v) is 25.4. The fraction of sp³-hybridized carbons (Fsp3) is 0.250. The molecular formula is C32H31F3N6O2S. The maximum absolute atomic E-state index is 12.8. The summed E-state index contributed by atoms with van der Waals surface area (Å²) < 4.78 is 42.6. The van der Waals surface area contributed by atoms with E-state index in [4.69, 9.17) is 0 Å². The fourth-order valence-electron chi connectivity index (χ4n) is 4.99. The van der Waals surface area contributed by atoms with Gasteiger partial charge in [0.2, 0.25) is 0 Å². The molecule has 228 valence electrons. The van der Waals surface area contributed by atoms with Gasteiger partial charge < -0.3 is 15.0 Å². The summed E-state index contributed by atoms with van der Waals surface area (Å²) in [4.78, 5) is 23.7. The molecule has 2 heterocycles. The smallest absolute Gasteiger partial charge is 0.406 e. The van der Waals surface area contributed by atoms with E-state index in [0.29, 0.717) is 28.3 Å². The number of thioether (sulfide) groups is 1. The molecule has 4 aromatic rings. The molecular weight excluding hydrogens is 589 g/mol. The van der Waals surface area contributed by atoms with E-state index in [0.717, 1.165) is 29.1 Å². The zero-order valence-electron chi connectivity index (χ0n) is 24.6. The molecule has 1 aromatic heterocycles. The van der Waals surface area contributed by atoms with Gasteiger partial charge in [-0.25, -0.2) is 14.5 Å². The summed E-state index contributed by atoms with van der Waals surface area (Å²) in [5.74, 6) is 1.34. The van der Waals surface area contributed by atoms with Gasteiger partial charge in [-0.05, 0) is 72.9 Å². The standard InChI is InChI=1S/C32H31F3N6O2S/c1-20(2)28-21(3)6-5-7-27(28)40-16-17-44-31(40)38-30(42)37-22(4)18-23-8-10-24(11-9-23)29-36-19-41(39-29)25-12-14-26(15-13-25)43-32(33,34)35/h5-15,18-20H,16-17H2,1-4H3,(H,37,42)/b22-18+,38-31?. The van der Waals surface area contributed by atoms with Crippen molar-refractivity contribution in [1.82, 2.24) is 20.1 Å². The second-order valence-corrected chi connectivity index (χ2v) is 11.6. The van der Waals surface area contributed by atoms with Crippen LogP contribution in [0.5, 0.6) is 5.75 Å². The quantitative estimate of drug-likeness (QED) is 0.226. The van der Waals surface area contributed by atoms with Gasteiger partial charge in [0.15, 0.2) is 11.0 Å². The predicted molar refractivity (Wildman–Crippen MR) is 168 cm³/mol. The van der Waals surface area contributed by atoms with Gasteiger partial charge >= 0.3 is 12.4 Å². The number of hydrogen-bond donors (Lipinski definition) is 1. The molecule has 3 aromatic carbocycles. The number of hydrogen-bond acceptors (Lipinski definition) is 5. The molecule has 1 aliphatic heterocycles. The largest absolute Gasteiger partial charge is 0.573 e. The molecule has 0 spiro atoms. The minimum atomic E-state index is -4.75. The number of nitrogens with one attached hydrogen (secondary N) is 1. The molecule has 0 atom stereocenters. The molecule has 1 saturated heterocycles. The van der Waals surface area contributed by atoms with Crippen LogP contribution >= 0.6 is 11.8 Å². The lowest BCUT2D eigenvalue weighted by Crippen LogP contribution is -2.28. The molecule has 0 saturated carbocycles. The summed E-state index contributed by atoms with van der Waals surface area (Å²) in [6.07, 6.45) is -1.43. The number of alkyl halides is 3. The number of amides is 2. The highest BCUT2D eigenvalue weighted by atomic mass is 32.2. The third kappa shape index (κ3) is 7.49. The van der Waals surface area contributed by atoms with Gasteiger partial charge in [0, 0.05) is 29.2 Å². The van der Waals surface area contributed by atoms with Crippen LogP contribution in [0.15, 0.2) is 83.7 Å². The number of aromatic nitrogens is 3. The van der Waals surface area contributed by atoms with Crippen LogP contribution in [0, 0.1) is 6.92 Å². The van der Waals surface area contributed by atoms with Gasteiger partial charge in [0.25, 0.3) is 0 Å². The molecule has 0 radical (unpaired) electrons. The molecule has 44 heavy (non-hydrogen) atoms. The van der Waals surface area contributed by atoms with Crippen LogP contribution < -0.4 is 15.0 Å². The highest BCUT2D eigenvalue weighted by Crippen LogP contribution is 2.34. The third-order valence-corrected chi connectivity index (χ3v) is 7.78. The number of ether oxygens (including phenoxy) is 1. The Hall–Kier alpha value is -4.58. The van der Waals surface area contributed by atoms with Crippen molar-refractivity contribution in [2.24, 2.45) is 4.99 Å². The second-order valence-electron chi connectivity index (χ2n) is 10.5. The van der Waals surface area contributed by atoms with Crippen molar-refractivity contribution in [3.63, 3.8) is 0 Å². The van der Waals surface area contributed by atoms with E-state index < -0.39 is 12.4 Å². The van der Waals surface area contributed by atoms with Gasteiger partial charge in [-0.2, -0.15) is 4.99 Å². The van der Waals surface area contributed by atoms with E-state index in [2.05, 4.69) is 62.9 Å². The number of carbonyl (C=O) groups excluding carboxylic acids is 1. The van der Waals surface area contributed by atoms with Crippen molar-refractivity contribution in [2.75, 3.05) is 17.2 Å². The molecule has 2 amide bonds. The van der Waals surface area contributed by atoms with Crippen LogP contribution in [0.25, 0.3) is 23.2 Å². The van der Waals surface area contributed by atoms with E-state index in [1.807, 2.05) is 36.4 Å². The van der Waals surface area contributed by atoms with Crippen LogP contribution in [0.2, 0.25) is 0 Å². The van der Waals surface area contributed by atoms with Crippen LogP contribution in [0.3, 0.4) is 0 Å². The van der Waals surface area contributed by atoms with Crippen LogP contribution in [-0.4, -0.2) is 44.6 Å². The first-order chi connectivity index (χ1) is 21.0. The molecule has 0 bridgehead atoms. The van der Waals surface area contributed by atoms with Gasteiger partial charge in [0.1, 0.15) is 12.1 Å². The lowest BCUT2D eigenvalue weighted by atomic mass is 9.95. The van der Waals surface area contributed by atoms with E-state index >= 15 is 0 Å². The van der Waals surface area contributed by atoms with Gasteiger partial charge in [-0.3, -0.25) is 0 Å². The Kier molecular flexibility index (Phi) is 9.09. The van der Waals surface area contributed by atoms with E-state index in [1.165, 1.54) is 46.4 Å². The Morgan fingerprint density at radius 2 is 1.82 bits per heavy atom. The van der Waals surface area contributed by atoms with Crippen molar-refractivity contribution < 1.29 is 22.7 Å². The Labute approximate surface area is 257 Å². The molecule has 1 N–H and O–H groups in total. The number of amidine groups is 1. The minimum Gasteiger partial charge on any atom is -0.406 e. The van der Waals surface area contributed by atoms with Gasteiger partial charge in [0.05, 0.1) is 5.69 Å². The van der Waals surface area contributed by atoms with Crippen LogP contribution in [0.4, 0.5) is 23.7 Å². The van der Waals surface area contributed by atoms with Gasteiger partial charge in [-0.1, -0.05) is 62.0 Å². The first-order valence-corrected chi connectivity index (χ1v) is 14.9. The second kappa shape index (κ2) is 13.0. The average molecular weight is 621 g/mol. The zero-order chi connectivity index (χ0) is 31.4. The molecule has 12 heteroatoms. The molecule has 1 aliphatic rings. The predicted octanol–water partition coefficient (Wildman–Crippen LogP) is 7.94. The number of allylic oxidation sites excluding steroid dienone is 1. The normalized spacial score (nSPS) is 14.9. The maximum Gasteiger partial charge on any atom is 0.573 e. The number of nitrogens with zero attached hydrogens (tertiary/aromatic N) is 5. The van der Waals surface area contributed by atoms with E-state index in [-0.39, 0.29) is 5.75 Å². The van der Waals surface area contributed by atoms with E-state index in [1.54, 1.807) is 18.7 Å². The number of rotatable bonds is 7. The molecule has 5 rings (SSSR count). The van der Waals surface area contributed by atoms with Crippen LogP contribution in [0.1, 0.15) is 43.4 Å². The van der Waals surface area contributed by atoms with Crippen LogP contribution in [-0.2, 0) is 0 Å². The number of anilines is 1. The summed E-state index contributed by atoms with van der Waals surface area (Å²) in [6, 6.07) is 18.6. The summed E-state index contributed by atoms with van der Waals surface area (Å²) in [7, 11) is 0. The van der Waals surface area contributed by atoms with Crippen molar-refractivity contribution in [3.05, 3.63) is 95.4 Å². The van der Waals surface area contributed by atoms with Gasteiger partial charge in [-0.15, -0.1) is 18.3 Å². The highest BCUT2D eigenvalue weighted by Gasteiger charge is 2.31. The Bertz CT molecular complexity index is 1700. The molecule has 1 fully saturated rings. The summed E-state index contributed by atoms with van der Waals surface area (Å²) in [5.41, 5.74) is 6.36. The number of aryl methyl sites for hydroxylation is 1. The average Bonchev–Trinajstić information content (AvgIpc) is 3.63. The van der Waals surface area contributed by atoms with Crippen molar-refractivity contribution in [3.8, 4) is 22.8 Å². The van der Waals surface area contributed by atoms with Crippen molar-refractivity contribution in [2.45, 2.75) is 40.0 Å². The molecule has 0 aliphatic carbocycles. The summed E-state index contributed by atoms with van der Waals surface area (Å²) in [5, 5.41) is 7.97. The summed E-state index contributed by atoms with van der Waals surface area (Å²) in [6.45, 7) is 9.04. The minimum absolute atomic E-state index is 0.314. The summed E-state index contributed by atoms with van der Waals surface area (Å²) >= 11 is 1.57. The van der Waals surface area contributed by atoms with Crippen molar-refractivity contribution >= 4 is 34.7 Å². The first kappa shape index (κ1) is 30.9. The highest BCUT2D eigenvalue weighted by molar-refractivity contribution is 8.14. The van der Waals surface area contributed by atoms with Crippen molar-refractivity contribution in [1.29, 1.82) is 0 Å². The lowest BCUT2D eigenvalue weighted by molar-refractivity contribution is -0.274. The van der Waals surface area contributed by atoms with E-state index in [9.17, 15) is 18.0 Å². The molecule has 8 nitrogen and oxygen atoms in total. The lowest BCUT2D eigenvalue weighted by Gasteiger charge is -2.24. The fourth-order valence-corrected chi connectivity index (χ4v) is 5.94. The Balaban J connectivity index is 1.23. The monoisotopic (exact) mass is 620 g/mol. The number of urea groups is 1. The topological polar surface area (TPSA) is 84.6 Å². The maximum atomic E-state index is 12.8. The third-order valence-electron chi connectivity index (χ3n) is 6.83.